The first kappa shape index (κ1) is 20.5. The van der Waals surface area contributed by atoms with Crippen LogP contribution in [0.3, 0.4) is 0 Å². The molecule has 4 rings (SSSR count). The molecule has 0 saturated carbocycles. The second kappa shape index (κ2) is 8.87. The Balaban J connectivity index is 0.00000225. The summed E-state index contributed by atoms with van der Waals surface area (Å²) in [4.78, 5) is 14.2. The van der Waals surface area contributed by atoms with Crippen molar-refractivity contribution in [3.05, 3.63) is 41.2 Å². The standard InChI is InChI=1S/C19H24FN5O2.ClH/c1-13-2-3-15(20)16(10-13)27-12-18(26)24-7-4-14(5-8-24)19-23-22-17-11-21-6-9-25(17)19;/h2-3,10,14,21H,4-9,11-12H2,1H3;1H. The Hall–Kier alpha value is -2.19. The molecule has 2 aliphatic rings. The van der Waals surface area contributed by atoms with Crippen molar-refractivity contribution in [3.8, 4) is 5.75 Å². The summed E-state index contributed by atoms with van der Waals surface area (Å²) in [6.07, 6.45) is 1.71. The molecule has 2 aromatic rings. The van der Waals surface area contributed by atoms with Crippen LogP contribution in [0.15, 0.2) is 18.2 Å². The van der Waals surface area contributed by atoms with Crippen molar-refractivity contribution in [2.24, 2.45) is 0 Å². The Morgan fingerprint density at radius 2 is 2.07 bits per heavy atom. The van der Waals surface area contributed by atoms with E-state index in [2.05, 4.69) is 20.1 Å². The van der Waals surface area contributed by atoms with Crippen molar-refractivity contribution in [2.45, 2.75) is 38.8 Å². The lowest BCUT2D eigenvalue weighted by Crippen LogP contribution is -2.41. The zero-order valence-electron chi connectivity index (χ0n) is 15.9. The zero-order valence-corrected chi connectivity index (χ0v) is 16.7. The maximum absolute atomic E-state index is 13.7. The molecule has 3 heterocycles. The van der Waals surface area contributed by atoms with Crippen molar-refractivity contribution in [1.82, 2.24) is 25.0 Å². The molecule has 152 valence electrons. The van der Waals surface area contributed by atoms with Crippen LogP contribution in [0, 0.1) is 12.7 Å². The van der Waals surface area contributed by atoms with Gasteiger partial charge < -0.3 is 19.5 Å². The van der Waals surface area contributed by atoms with Crippen molar-refractivity contribution in [3.63, 3.8) is 0 Å². The van der Waals surface area contributed by atoms with Gasteiger partial charge in [0.2, 0.25) is 0 Å². The average Bonchev–Trinajstić information content (AvgIpc) is 3.13. The van der Waals surface area contributed by atoms with Crippen LogP contribution in [0.1, 0.15) is 36.0 Å². The van der Waals surface area contributed by atoms with E-state index in [1.165, 1.54) is 6.07 Å². The first-order chi connectivity index (χ1) is 13.1. The molecule has 2 aliphatic heterocycles. The topological polar surface area (TPSA) is 72.3 Å². The van der Waals surface area contributed by atoms with Crippen molar-refractivity contribution < 1.29 is 13.9 Å². The molecule has 0 bridgehead atoms. The number of rotatable bonds is 4. The number of nitrogens with one attached hydrogen (secondary N) is 1. The number of nitrogens with zero attached hydrogens (tertiary/aromatic N) is 4. The summed E-state index contributed by atoms with van der Waals surface area (Å²) in [5, 5.41) is 12.0. The number of piperidine rings is 1. The highest BCUT2D eigenvalue weighted by Crippen LogP contribution is 2.28. The zero-order chi connectivity index (χ0) is 18.8. The second-order valence-electron chi connectivity index (χ2n) is 7.18. The minimum absolute atomic E-state index is 0. The fraction of sp³-hybridized carbons (Fsp3) is 0.526. The number of aryl methyl sites for hydroxylation is 1. The molecular weight excluding hydrogens is 385 g/mol. The fourth-order valence-electron chi connectivity index (χ4n) is 3.76. The van der Waals surface area contributed by atoms with Crippen molar-refractivity contribution in [2.75, 3.05) is 26.2 Å². The van der Waals surface area contributed by atoms with Crippen LogP contribution in [0.4, 0.5) is 4.39 Å². The molecule has 9 heteroatoms. The molecule has 0 spiro atoms. The summed E-state index contributed by atoms with van der Waals surface area (Å²) < 4.78 is 21.4. The highest BCUT2D eigenvalue weighted by atomic mass is 35.5. The number of amides is 1. The van der Waals surface area contributed by atoms with Gasteiger partial charge in [0.25, 0.3) is 5.91 Å². The molecule has 0 radical (unpaired) electrons. The summed E-state index contributed by atoms with van der Waals surface area (Å²) in [5.41, 5.74) is 0.895. The third-order valence-electron chi connectivity index (χ3n) is 5.30. The first-order valence-corrected chi connectivity index (χ1v) is 9.41. The molecule has 1 amide bonds. The minimum Gasteiger partial charge on any atom is -0.481 e. The summed E-state index contributed by atoms with van der Waals surface area (Å²) in [7, 11) is 0. The summed E-state index contributed by atoms with van der Waals surface area (Å²) >= 11 is 0. The highest BCUT2D eigenvalue weighted by molar-refractivity contribution is 5.85. The third-order valence-corrected chi connectivity index (χ3v) is 5.30. The predicted octanol–water partition coefficient (Wildman–Crippen LogP) is 2.04. The third kappa shape index (κ3) is 4.28. The van der Waals surface area contributed by atoms with Gasteiger partial charge in [-0.3, -0.25) is 4.79 Å². The van der Waals surface area contributed by atoms with E-state index >= 15 is 0 Å². The van der Waals surface area contributed by atoms with Crippen LogP contribution < -0.4 is 10.1 Å². The lowest BCUT2D eigenvalue weighted by Gasteiger charge is -2.32. The number of likely N-dealkylation sites (tertiary alicyclic amines) is 1. The predicted molar refractivity (Wildman–Crippen MR) is 104 cm³/mol. The normalized spacial score (nSPS) is 17.0. The Morgan fingerprint density at radius 1 is 1.29 bits per heavy atom. The van der Waals surface area contributed by atoms with E-state index in [-0.39, 0.29) is 30.7 Å². The lowest BCUT2D eigenvalue weighted by molar-refractivity contribution is -0.134. The highest BCUT2D eigenvalue weighted by Gasteiger charge is 2.28. The Bertz CT molecular complexity index is 836. The molecule has 0 unspecified atom stereocenters. The monoisotopic (exact) mass is 409 g/mol. The summed E-state index contributed by atoms with van der Waals surface area (Å²) in [6, 6.07) is 4.64. The van der Waals surface area contributed by atoms with Crippen LogP contribution in [-0.2, 0) is 17.9 Å². The maximum atomic E-state index is 13.7. The average molecular weight is 410 g/mol. The van der Waals surface area contributed by atoms with E-state index in [0.717, 1.165) is 49.7 Å². The molecule has 1 saturated heterocycles. The first-order valence-electron chi connectivity index (χ1n) is 9.41. The molecule has 7 nitrogen and oxygen atoms in total. The van der Waals surface area contributed by atoms with Gasteiger partial charge in [-0.2, -0.15) is 0 Å². The van der Waals surface area contributed by atoms with Gasteiger partial charge in [0.15, 0.2) is 18.2 Å². The number of hydrogen-bond acceptors (Lipinski definition) is 5. The molecule has 1 aromatic heterocycles. The molecule has 1 N–H and O–H groups in total. The molecule has 0 atom stereocenters. The van der Waals surface area contributed by atoms with Gasteiger partial charge in [0, 0.05) is 32.1 Å². The minimum atomic E-state index is -0.446. The Morgan fingerprint density at radius 3 is 2.86 bits per heavy atom. The smallest absolute Gasteiger partial charge is 0.260 e. The number of halogens is 2. The van der Waals surface area contributed by atoms with Gasteiger partial charge in [0.05, 0.1) is 6.54 Å². The quantitative estimate of drug-likeness (QED) is 0.836. The van der Waals surface area contributed by atoms with Crippen LogP contribution in [-0.4, -0.2) is 51.8 Å². The number of carbonyl (C=O) groups excluding carboxylic acids is 1. The molecular formula is C19H25ClFN5O2. The SMILES string of the molecule is Cc1ccc(F)c(OCC(=O)N2CCC(c3nnc4n3CCNC4)CC2)c1.Cl. The number of hydrogen-bond donors (Lipinski definition) is 1. The van der Waals surface area contributed by atoms with Gasteiger partial charge in [-0.05, 0) is 37.5 Å². The number of ether oxygens (including phenoxy) is 1. The van der Waals surface area contributed by atoms with Crippen LogP contribution in [0.5, 0.6) is 5.75 Å². The number of benzene rings is 1. The van der Waals surface area contributed by atoms with Gasteiger partial charge in [-0.15, -0.1) is 22.6 Å². The Labute approximate surface area is 169 Å². The molecule has 0 aliphatic carbocycles. The number of carbonyl (C=O) groups is 1. The lowest BCUT2D eigenvalue weighted by atomic mass is 9.95. The molecule has 1 aromatic carbocycles. The van der Waals surface area contributed by atoms with Crippen LogP contribution in [0.25, 0.3) is 0 Å². The van der Waals surface area contributed by atoms with E-state index in [1.54, 1.807) is 17.0 Å². The van der Waals surface area contributed by atoms with Crippen LogP contribution in [0.2, 0.25) is 0 Å². The van der Waals surface area contributed by atoms with Crippen molar-refractivity contribution in [1.29, 1.82) is 0 Å². The molecule has 1 fully saturated rings. The summed E-state index contributed by atoms with van der Waals surface area (Å²) in [6.45, 7) is 5.62. The van der Waals surface area contributed by atoms with E-state index in [1.807, 2.05) is 6.92 Å². The van der Waals surface area contributed by atoms with Gasteiger partial charge in [-0.1, -0.05) is 6.07 Å². The fourth-order valence-corrected chi connectivity index (χ4v) is 3.76. The van der Waals surface area contributed by atoms with E-state index in [9.17, 15) is 9.18 Å². The second-order valence-corrected chi connectivity index (χ2v) is 7.18. The summed E-state index contributed by atoms with van der Waals surface area (Å²) in [5.74, 6) is 1.92. The van der Waals surface area contributed by atoms with Gasteiger partial charge in [0.1, 0.15) is 11.6 Å². The largest absolute Gasteiger partial charge is 0.481 e. The van der Waals surface area contributed by atoms with E-state index in [0.29, 0.717) is 19.0 Å². The van der Waals surface area contributed by atoms with Gasteiger partial charge >= 0.3 is 0 Å². The van der Waals surface area contributed by atoms with Crippen LogP contribution >= 0.6 is 12.4 Å². The van der Waals surface area contributed by atoms with E-state index < -0.39 is 5.82 Å². The maximum Gasteiger partial charge on any atom is 0.260 e. The number of aromatic nitrogens is 3. The number of fused-ring (bicyclic) bond motifs is 1. The van der Waals surface area contributed by atoms with Crippen molar-refractivity contribution >= 4 is 18.3 Å². The van der Waals surface area contributed by atoms with Gasteiger partial charge in [-0.25, -0.2) is 4.39 Å². The Kier molecular flexibility index (Phi) is 6.51. The van der Waals surface area contributed by atoms with E-state index in [4.69, 9.17) is 4.74 Å². The molecule has 28 heavy (non-hydrogen) atoms.